The Bertz CT molecular complexity index is 1380. The molecule has 0 saturated carbocycles. The van der Waals surface area contributed by atoms with Crippen molar-refractivity contribution in [3.63, 3.8) is 0 Å². The molecular formula is C24H29N11O. The zero-order chi connectivity index (χ0) is 25.3. The van der Waals surface area contributed by atoms with E-state index in [2.05, 4.69) is 52.4 Å². The molecule has 1 atom stereocenters. The van der Waals surface area contributed by atoms with E-state index in [0.29, 0.717) is 24.0 Å². The summed E-state index contributed by atoms with van der Waals surface area (Å²) in [5.74, 6) is 0.758. The molecule has 1 amide bonds. The number of aromatic nitrogens is 8. The van der Waals surface area contributed by atoms with Gasteiger partial charge in [0.2, 0.25) is 5.95 Å². The van der Waals surface area contributed by atoms with Gasteiger partial charge in [-0.3, -0.25) is 9.48 Å². The largest absolute Gasteiger partial charge is 0.344 e. The maximum absolute atomic E-state index is 13.0. The van der Waals surface area contributed by atoms with E-state index < -0.39 is 0 Å². The topological polar surface area (TPSA) is 140 Å². The minimum absolute atomic E-state index is 0.155. The molecule has 3 N–H and O–H groups in total. The van der Waals surface area contributed by atoms with Gasteiger partial charge in [0.05, 0.1) is 29.7 Å². The Kier molecular flexibility index (Phi) is 6.18. The second-order valence-corrected chi connectivity index (χ2v) is 9.78. The molecule has 12 heteroatoms. The van der Waals surface area contributed by atoms with Crippen molar-refractivity contribution in [2.45, 2.75) is 45.3 Å². The van der Waals surface area contributed by atoms with Gasteiger partial charge in [0, 0.05) is 25.4 Å². The maximum atomic E-state index is 13.0. The average molecular weight is 488 g/mol. The summed E-state index contributed by atoms with van der Waals surface area (Å²) in [6.45, 7) is 7.49. The van der Waals surface area contributed by atoms with Crippen LogP contribution in [-0.2, 0) is 19.1 Å². The van der Waals surface area contributed by atoms with Crippen LogP contribution in [0.3, 0.4) is 0 Å². The van der Waals surface area contributed by atoms with E-state index in [4.69, 9.17) is 0 Å². The smallest absolute Gasteiger partial charge is 0.273 e. The molecule has 0 radical (unpaired) electrons. The summed E-state index contributed by atoms with van der Waals surface area (Å²) < 4.78 is 3.40. The molecule has 0 fully saturated rings. The van der Waals surface area contributed by atoms with Gasteiger partial charge in [-0.15, -0.1) is 5.10 Å². The minimum Gasteiger partial charge on any atom is -0.344 e. The van der Waals surface area contributed by atoms with Crippen molar-refractivity contribution in [2.24, 2.45) is 7.05 Å². The molecule has 12 nitrogen and oxygen atoms in total. The fourth-order valence-corrected chi connectivity index (χ4v) is 4.05. The van der Waals surface area contributed by atoms with E-state index in [1.54, 1.807) is 21.8 Å². The molecule has 0 unspecified atom stereocenters. The number of hydrogen-bond donors (Lipinski definition) is 3. The van der Waals surface area contributed by atoms with Crippen molar-refractivity contribution >= 4 is 17.5 Å². The summed E-state index contributed by atoms with van der Waals surface area (Å²) in [5, 5.41) is 22.0. The van der Waals surface area contributed by atoms with Crippen LogP contribution in [0, 0.1) is 0 Å². The molecule has 1 aromatic carbocycles. The van der Waals surface area contributed by atoms with Gasteiger partial charge in [-0.1, -0.05) is 17.3 Å². The zero-order valence-electron chi connectivity index (χ0n) is 20.7. The van der Waals surface area contributed by atoms with Gasteiger partial charge < -0.3 is 16.0 Å². The number of nitrogens with one attached hydrogen (secondary N) is 3. The number of carbonyl (C=O) groups is 1. The van der Waals surface area contributed by atoms with Gasteiger partial charge in [0.15, 0.2) is 11.5 Å². The summed E-state index contributed by atoms with van der Waals surface area (Å²) in [4.78, 5) is 26.1. The van der Waals surface area contributed by atoms with Gasteiger partial charge in [-0.2, -0.15) is 10.1 Å². The van der Waals surface area contributed by atoms with Crippen LogP contribution in [0.15, 0.2) is 43.1 Å². The molecule has 1 aliphatic heterocycles. The Hall–Kier alpha value is -4.19. The molecule has 1 aliphatic rings. The van der Waals surface area contributed by atoms with E-state index in [1.807, 2.05) is 46.1 Å². The summed E-state index contributed by atoms with van der Waals surface area (Å²) >= 11 is 0. The van der Waals surface area contributed by atoms with Crippen LogP contribution in [0.1, 0.15) is 54.8 Å². The van der Waals surface area contributed by atoms with Crippen molar-refractivity contribution in [2.75, 3.05) is 11.9 Å². The van der Waals surface area contributed by atoms with Crippen LogP contribution in [0.25, 0.3) is 11.4 Å². The van der Waals surface area contributed by atoms with Crippen LogP contribution >= 0.6 is 0 Å². The molecule has 4 heterocycles. The third kappa shape index (κ3) is 5.08. The number of aryl methyl sites for hydroxylation is 1. The monoisotopic (exact) mass is 487 g/mol. The second-order valence-electron chi connectivity index (χ2n) is 9.78. The van der Waals surface area contributed by atoms with E-state index in [9.17, 15) is 4.79 Å². The molecule has 0 spiro atoms. The van der Waals surface area contributed by atoms with Crippen molar-refractivity contribution < 1.29 is 4.79 Å². The molecule has 3 aromatic heterocycles. The number of rotatable bonds is 5. The lowest BCUT2D eigenvalue weighted by Crippen LogP contribution is -2.30. The molecule has 0 aliphatic carbocycles. The van der Waals surface area contributed by atoms with Gasteiger partial charge in [-0.05, 0) is 50.9 Å². The predicted molar refractivity (Wildman–Crippen MR) is 133 cm³/mol. The van der Waals surface area contributed by atoms with Crippen molar-refractivity contribution in [1.29, 1.82) is 0 Å². The fraction of sp³-hybridized carbons (Fsp3) is 0.375. The first-order chi connectivity index (χ1) is 17.3. The lowest BCUT2D eigenvalue weighted by Gasteiger charge is -2.19. The summed E-state index contributed by atoms with van der Waals surface area (Å²) in [7, 11) is 1.85. The Morgan fingerprint density at radius 1 is 1.19 bits per heavy atom. The first-order valence-electron chi connectivity index (χ1n) is 11.8. The third-order valence-corrected chi connectivity index (χ3v) is 5.95. The van der Waals surface area contributed by atoms with Crippen LogP contribution in [0.4, 0.5) is 11.6 Å². The van der Waals surface area contributed by atoms with Crippen molar-refractivity contribution in [3.05, 3.63) is 59.9 Å². The normalized spacial score (nSPS) is 15.7. The molecule has 4 aromatic rings. The van der Waals surface area contributed by atoms with E-state index >= 15 is 0 Å². The highest BCUT2D eigenvalue weighted by atomic mass is 16.2. The zero-order valence-corrected chi connectivity index (χ0v) is 20.7. The number of amides is 1. The van der Waals surface area contributed by atoms with Crippen LogP contribution in [0.5, 0.6) is 0 Å². The van der Waals surface area contributed by atoms with E-state index in [-0.39, 0.29) is 17.5 Å². The number of nitrogens with zero attached hydrogens (tertiary/aromatic N) is 8. The molecule has 0 bridgehead atoms. The van der Waals surface area contributed by atoms with Gasteiger partial charge in [-0.25, -0.2) is 14.6 Å². The number of anilines is 2. The lowest BCUT2D eigenvalue weighted by atomic mass is 9.96. The highest BCUT2D eigenvalue weighted by molar-refractivity contribution is 5.92. The lowest BCUT2D eigenvalue weighted by molar-refractivity contribution is 0.0930. The summed E-state index contributed by atoms with van der Waals surface area (Å²) in [6, 6.07) is 5.92. The number of benzene rings is 1. The summed E-state index contributed by atoms with van der Waals surface area (Å²) in [5.41, 5.74) is 3.86. The number of hydrogen-bond acceptors (Lipinski definition) is 9. The Morgan fingerprint density at radius 2 is 2.06 bits per heavy atom. The molecule has 36 heavy (non-hydrogen) atoms. The molecule has 5 rings (SSSR count). The van der Waals surface area contributed by atoms with Crippen LogP contribution in [0.2, 0.25) is 0 Å². The van der Waals surface area contributed by atoms with Crippen LogP contribution in [-0.4, -0.2) is 52.2 Å². The quantitative estimate of drug-likeness (QED) is 0.387. The highest BCUT2D eigenvalue weighted by Gasteiger charge is 2.24. The molecular weight excluding hydrogens is 458 g/mol. The maximum Gasteiger partial charge on any atom is 0.273 e. The molecule has 0 saturated heterocycles. The van der Waals surface area contributed by atoms with Crippen molar-refractivity contribution in [1.82, 2.24) is 50.4 Å². The van der Waals surface area contributed by atoms with E-state index in [0.717, 1.165) is 35.3 Å². The van der Waals surface area contributed by atoms with Gasteiger partial charge >= 0.3 is 0 Å². The van der Waals surface area contributed by atoms with Crippen LogP contribution < -0.4 is 16.0 Å². The van der Waals surface area contributed by atoms with Crippen molar-refractivity contribution in [3.8, 4) is 11.4 Å². The number of carbonyl (C=O) groups excluding carboxylic acids is 1. The Morgan fingerprint density at radius 3 is 2.81 bits per heavy atom. The minimum atomic E-state index is -0.247. The first-order valence-corrected chi connectivity index (χ1v) is 11.8. The Balaban J connectivity index is 1.36. The Labute approximate surface area is 208 Å². The van der Waals surface area contributed by atoms with Gasteiger partial charge in [0.1, 0.15) is 6.33 Å². The summed E-state index contributed by atoms with van der Waals surface area (Å²) in [6.07, 6.45) is 7.48. The third-order valence-electron chi connectivity index (χ3n) is 5.95. The second kappa shape index (κ2) is 9.46. The standard InChI is InChI=1S/C24H29N11O/c1-24(2,3)35-13-20(32-33-35)22(36)30-19-7-8-25-10-16-9-15(5-6-18(16)19)21-26-14-27-23(31-21)29-17-11-28-34(4)12-17/h5-6,9,11-14,19,25H,7-8,10H2,1-4H3,(H,30,36)(H,26,27,29,31)/t19-/m1/s1. The molecule has 186 valence electrons. The predicted octanol–water partition coefficient (Wildman–Crippen LogP) is 2.33. The van der Waals surface area contributed by atoms with E-state index in [1.165, 1.54) is 6.33 Å². The van der Waals surface area contributed by atoms with Gasteiger partial charge in [0.25, 0.3) is 5.91 Å². The number of fused-ring (bicyclic) bond motifs is 1. The SMILES string of the molecule is Cn1cc(Nc2ncnc(-c3ccc4c(c3)CNCC[C@H]4NC(=O)c3cn(C(C)(C)C)nn3)n2)cn1. The first kappa shape index (κ1) is 23.5. The highest BCUT2D eigenvalue weighted by Crippen LogP contribution is 2.28. The fourth-order valence-electron chi connectivity index (χ4n) is 4.05. The average Bonchev–Trinajstić information content (AvgIpc) is 3.46.